The lowest BCUT2D eigenvalue weighted by molar-refractivity contribution is -0.127. The number of unbranched alkanes of at least 4 members (excludes halogenated alkanes) is 1. The standard InChI is InChI=1S/C13H26N2OS/c1-12(14-2)7-3-6-10-17-11-13(16)15-8-4-5-9-15/h12,14H,3-11H2,1-2H3. The van der Waals surface area contributed by atoms with E-state index in [9.17, 15) is 4.79 Å². The highest BCUT2D eigenvalue weighted by Crippen LogP contribution is 2.12. The Morgan fingerprint density at radius 1 is 1.35 bits per heavy atom. The summed E-state index contributed by atoms with van der Waals surface area (Å²) in [6.45, 7) is 4.18. The highest BCUT2D eigenvalue weighted by atomic mass is 32.2. The summed E-state index contributed by atoms with van der Waals surface area (Å²) < 4.78 is 0. The molecule has 17 heavy (non-hydrogen) atoms. The van der Waals surface area contributed by atoms with Crippen molar-refractivity contribution in [1.82, 2.24) is 10.2 Å². The molecule has 1 N–H and O–H groups in total. The zero-order valence-electron chi connectivity index (χ0n) is 11.2. The highest BCUT2D eigenvalue weighted by molar-refractivity contribution is 7.99. The third kappa shape index (κ3) is 6.32. The number of likely N-dealkylation sites (tertiary alicyclic amines) is 1. The zero-order valence-corrected chi connectivity index (χ0v) is 12.0. The monoisotopic (exact) mass is 258 g/mol. The lowest BCUT2D eigenvalue weighted by atomic mass is 10.1. The number of carbonyl (C=O) groups is 1. The summed E-state index contributed by atoms with van der Waals surface area (Å²) in [5.41, 5.74) is 0. The molecule has 4 heteroatoms. The Balaban J connectivity index is 1.91. The van der Waals surface area contributed by atoms with E-state index in [2.05, 4.69) is 12.2 Å². The van der Waals surface area contributed by atoms with E-state index in [1.807, 2.05) is 11.9 Å². The largest absolute Gasteiger partial charge is 0.342 e. The average molecular weight is 258 g/mol. The van der Waals surface area contributed by atoms with E-state index < -0.39 is 0 Å². The van der Waals surface area contributed by atoms with E-state index in [1.165, 1.54) is 32.1 Å². The predicted molar refractivity (Wildman–Crippen MR) is 75.5 cm³/mol. The van der Waals surface area contributed by atoms with Crippen LogP contribution in [0.15, 0.2) is 0 Å². The van der Waals surface area contributed by atoms with Gasteiger partial charge in [0.2, 0.25) is 5.91 Å². The molecule has 0 aromatic heterocycles. The van der Waals surface area contributed by atoms with Gasteiger partial charge in [-0.3, -0.25) is 4.79 Å². The van der Waals surface area contributed by atoms with Crippen LogP contribution in [0.4, 0.5) is 0 Å². The van der Waals surface area contributed by atoms with Gasteiger partial charge < -0.3 is 10.2 Å². The van der Waals surface area contributed by atoms with Crippen molar-refractivity contribution in [1.29, 1.82) is 0 Å². The van der Waals surface area contributed by atoms with Crippen molar-refractivity contribution in [2.24, 2.45) is 0 Å². The van der Waals surface area contributed by atoms with Crippen LogP contribution in [0.1, 0.15) is 39.0 Å². The number of nitrogens with one attached hydrogen (secondary N) is 1. The molecule has 0 aromatic rings. The first-order valence-electron chi connectivity index (χ1n) is 6.77. The maximum atomic E-state index is 11.7. The minimum absolute atomic E-state index is 0.344. The van der Waals surface area contributed by atoms with E-state index in [0.29, 0.717) is 17.7 Å². The van der Waals surface area contributed by atoms with Gasteiger partial charge in [-0.25, -0.2) is 0 Å². The van der Waals surface area contributed by atoms with Gasteiger partial charge in [0.25, 0.3) is 0 Å². The second-order valence-corrected chi connectivity index (χ2v) is 5.93. The van der Waals surface area contributed by atoms with Gasteiger partial charge in [-0.05, 0) is 45.4 Å². The van der Waals surface area contributed by atoms with Crippen LogP contribution in [0.3, 0.4) is 0 Å². The first-order valence-corrected chi connectivity index (χ1v) is 7.92. The number of nitrogens with zero attached hydrogens (tertiary/aromatic N) is 1. The number of carbonyl (C=O) groups excluding carboxylic acids is 1. The van der Waals surface area contributed by atoms with Crippen LogP contribution in [0.25, 0.3) is 0 Å². The van der Waals surface area contributed by atoms with Gasteiger partial charge in [0.05, 0.1) is 5.75 Å². The topological polar surface area (TPSA) is 32.3 Å². The zero-order chi connectivity index (χ0) is 12.5. The van der Waals surface area contributed by atoms with Gasteiger partial charge in [-0.1, -0.05) is 6.42 Å². The second kappa shape index (κ2) is 8.81. The normalized spacial score (nSPS) is 17.4. The summed E-state index contributed by atoms with van der Waals surface area (Å²) >= 11 is 1.80. The molecule has 1 atom stereocenters. The molecule has 3 nitrogen and oxygen atoms in total. The molecule has 1 aliphatic heterocycles. The van der Waals surface area contributed by atoms with Gasteiger partial charge in [0.15, 0.2) is 0 Å². The van der Waals surface area contributed by atoms with Crippen molar-refractivity contribution >= 4 is 17.7 Å². The van der Waals surface area contributed by atoms with E-state index in [4.69, 9.17) is 0 Å². The third-order valence-corrected chi connectivity index (χ3v) is 4.38. The van der Waals surface area contributed by atoms with Crippen LogP contribution in [0, 0.1) is 0 Å². The maximum absolute atomic E-state index is 11.7. The highest BCUT2D eigenvalue weighted by Gasteiger charge is 2.16. The molecule has 1 saturated heterocycles. The third-order valence-electron chi connectivity index (χ3n) is 3.35. The number of thioether (sulfide) groups is 1. The molecule has 0 radical (unpaired) electrons. The van der Waals surface area contributed by atoms with Crippen LogP contribution >= 0.6 is 11.8 Å². The van der Waals surface area contributed by atoms with Gasteiger partial charge in [0, 0.05) is 19.1 Å². The number of amides is 1. The van der Waals surface area contributed by atoms with Crippen LogP contribution in [0.2, 0.25) is 0 Å². The molecule has 1 aliphatic rings. The molecule has 0 saturated carbocycles. The molecule has 0 bridgehead atoms. The Labute approximate surface area is 110 Å². The van der Waals surface area contributed by atoms with E-state index in [0.717, 1.165) is 18.8 Å². The SMILES string of the molecule is CNC(C)CCCCSCC(=O)N1CCCC1. The van der Waals surface area contributed by atoms with E-state index in [1.54, 1.807) is 11.8 Å². The first kappa shape index (κ1) is 14.8. The Morgan fingerprint density at radius 2 is 2.06 bits per heavy atom. The summed E-state index contributed by atoms with van der Waals surface area (Å²) in [6.07, 6.45) is 6.10. The molecular weight excluding hydrogens is 232 g/mol. The molecule has 0 spiro atoms. The molecule has 0 aromatic carbocycles. The first-order chi connectivity index (χ1) is 8.24. The number of hydrogen-bond acceptors (Lipinski definition) is 3. The molecule has 1 rings (SSSR count). The van der Waals surface area contributed by atoms with Crippen LogP contribution in [-0.4, -0.2) is 48.5 Å². The fourth-order valence-electron chi connectivity index (χ4n) is 2.02. The Kier molecular flexibility index (Phi) is 7.69. The lowest BCUT2D eigenvalue weighted by Gasteiger charge is -2.14. The van der Waals surface area contributed by atoms with Crippen LogP contribution in [0.5, 0.6) is 0 Å². The number of hydrogen-bond donors (Lipinski definition) is 1. The van der Waals surface area contributed by atoms with Gasteiger partial charge >= 0.3 is 0 Å². The summed E-state index contributed by atoms with van der Waals surface area (Å²) in [6, 6.07) is 0.617. The minimum atomic E-state index is 0.344. The maximum Gasteiger partial charge on any atom is 0.232 e. The Morgan fingerprint density at radius 3 is 2.71 bits per heavy atom. The van der Waals surface area contributed by atoms with Gasteiger partial charge in [-0.15, -0.1) is 0 Å². The number of rotatable bonds is 8. The van der Waals surface area contributed by atoms with Crippen molar-refractivity contribution in [3.63, 3.8) is 0 Å². The molecule has 1 fully saturated rings. The molecule has 1 heterocycles. The Bertz CT molecular complexity index is 217. The average Bonchev–Trinajstić information content (AvgIpc) is 2.86. The molecule has 1 amide bonds. The van der Waals surface area contributed by atoms with E-state index >= 15 is 0 Å². The van der Waals surface area contributed by atoms with Crippen molar-refractivity contribution in [3.8, 4) is 0 Å². The molecule has 0 aliphatic carbocycles. The molecule has 1 unspecified atom stereocenters. The van der Waals surface area contributed by atoms with Crippen molar-refractivity contribution in [2.45, 2.75) is 45.1 Å². The molecular formula is C13H26N2OS. The summed E-state index contributed by atoms with van der Waals surface area (Å²) in [5, 5.41) is 3.24. The van der Waals surface area contributed by atoms with Crippen molar-refractivity contribution in [3.05, 3.63) is 0 Å². The smallest absolute Gasteiger partial charge is 0.232 e. The minimum Gasteiger partial charge on any atom is -0.342 e. The fraction of sp³-hybridized carbons (Fsp3) is 0.923. The van der Waals surface area contributed by atoms with E-state index in [-0.39, 0.29) is 0 Å². The lowest BCUT2D eigenvalue weighted by Crippen LogP contribution is -2.29. The Hall–Kier alpha value is -0.220. The quantitative estimate of drug-likeness (QED) is 0.677. The van der Waals surface area contributed by atoms with Crippen LogP contribution < -0.4 is 5.32 Å². The fourth-order valence-corrected chi connectivity index (χ4v) is 2.93. The van der Waals surface area contributed by atoms with Gasteiger partial charge in [0.1, 0.15) is 0 Å². The van der Waals surface area contributed by atoms with Crippen molar-refractivity contribution < 1.29 is 4.79 Å². The summed E-state index contributed by atoms with van der Waals surface area (Å²) in [7, 11) is 2.01. The van der Waals surface area contributed by atoms with Crippen molar-refractivity contribution in [2.75, 3.05) is 31.6 Å². The summed E-state index contributed by atoms with van der Waals surface area (Å²) in [4.78, 5) is 13.7. The molecule has 100 valence electrons. The summed E-state index contributed by atoms with van der Waals surface area (Å²) in [5.74, 6) is 2.15. The van der Waals surface area contributed by atoms with Crippen LogP contribution in [-0.2, 0) is 4.79 Å². The second-order valence-electron chi connectivity index (χ2n) is 4.83. The predicted octanol–water partition coefficient (Wildman–Crippen LogP) is 2.12. The van der Waals surface area contributed by atoms with Gasteiger partial charge in [-0.2, -0.15) is 11.8 Å².